The van der Waals surface area contributed by atoms with E-state index in [0.29, 0.717) is 6.61 Å². The maximum atomic E-state index is 10.9. The smallest absolute Gasteiger partial charge is 0.335 e. The van der Waals surface area contributed by atoms with Crippen molar-refractivity contribution in [2.45, 2.75) is 20.0 Å². The third-order valence-electron chi connectivity index (χ3n) is 1.75. The van der Waals surface area contributed by atoms with Crippen LogP contribution in [0.2, 0.25) is 0 Å². The Morgan fingerprint density at radius 2 is 2.30 bits per heavy atom. The lowest BCUT2D eigenvalue weighted by Crippen LogP contribution is -2.31. The highest BCUT2D eigenvalue weighted by Crippen LogP contribution is 2.30. The van der Waals surface area contributed by atoms with Crippen LogP contribution in [0, 0.1) is 5.41 Å². The summed E-state index contributed by atoms with van der Waals surface area (Å²) in [7, 11) is 1.53. The molecule has 0 aliphatic carbocycles. The first-order valence-corrected chi connectivity index (χ1v) is 3.27. The first-order chi connectivity index (χ1) is 4.58. The van der Waals surface area contributed by atoms with Gasteiger partial charge in [-0.25, -0.2) is 4.79 Å². The molecule has 1 heterocycles. The summed E-state index contributed by atoms with van der Waals surface area (Å²) < 4.78 is 9.77. The van der Waals surface area contributed by atoms with Crippen LogP contribution in [0.4, 0.5) is 0 Å². The standard InChI is InChI=1S/C7H12O3/c1-7(2)4-10-6(8)5(7)9-3/h5H,4H2,1-3H3/t5-/m0/s1. The summed E-state index contributed by atoms with van der Waals surface area (Å²) in [4.78, 5) is 10.9. The molecule has 0 aromatic heterocycles. The van der Waals surface area contributed by atoms with Crippen molar-refractivity contribution in [1.82, 2.24) is 0 Å². The second-order valence-electron chi connectivity index (χ2n) is 3.21. The van der Waals surface area contributed by atoms with Gasteiger partial charge >= 0.3 is 5.97 Å². The largest absolute Gasteiger partial charge is 0.463 e. The van der Waals surface area contributed by atoms with E-state index in [1.165, 1.54) is 7.11 Å². The molecule has 1 fully saturated rings. The van der Waals surface area contributed by atoms with Gasteiger partial charge in [0.1, 0.15) is 0 Å². The minimum Gasteiger partial charge on any atom is -0.463 e. The number of ether oxygens (including phenoxy) is 2. The van der Waals surface area contributed by atoms with Crippen LogP contribution in [0.15, 0.2) is 0 Å². The Morgan fingerprint density at radius 1 is 1.70 bits per heavy atom. The molecule has 1 saturated heterocycles. The maximum Gasteiger partial charge on any atom is 0.335 e. The van der Waals surface area contributed by atoms with Crippen molar-refractivity contribution in [3.8, 4) is 0 Å². The summed E-state index contributed by atoms with van der Waals surface area (Å²) in [6.45, 7) is 4.36. The van der Waals surface area contributed by atoms with E-state index in [9.17, 15) is 4.79 Å². The number of cyclic esters (lactones) is 1. The molecule has 0 aromatic rings. The van der Waals surface area contributed by atoms with Gasteiger partial charge in [0.15, 0.2) is 6.10 Å². The summed E-state index contributed by atoms with van der Waals surface area (Å²) in [5, 5.41) is 0. The predicted molar refractivity (Wildman–Crippen MR) is 35.5 cm³/mol. The van der Waals surface area contributed by atoms with Gasteiger partial charge in [-0.1, -0.05) is 13.8 Å². The summed E-state index contributed by atoms with van der Waals surface area (Å²) in [6, 6.07) is 0. The summed E-state index contributed by atoms with van der Waals surface area (Å²) in [6.07, 6.45) is -0.382. The van der Waals surface area contributed by atoms with Crippen molar-refractivity contribution in [2.24, 2.45) is 5.41 Å². The van der Waals surface area contributed by atoms with E-state index in [1.54, 1.807) is 0 Å². The summed E-state index contributed by atoms with van der Waals surface area (Å²) in [5.41, 5.74) is -0.161. The van der Waals surface area contributed by atoms with Crippen molar-refractivity contribution in [3.63, 3.8) is 0 Å². The predicted octanol–water partition coefficient (Wildman–Crippen LogP) is 0.584. The molecule has 1 atom stereocenters. The molecule has 0 aromatic carbocycles. The molecule has 58 valence electrons. The van der Waals surface area contributed by atoms with Crippen LogP contribution in [0.1, 0.15) is 13.8 Å². The molecule has 0 saturated carbocycles. The molecule has 3 nitrogen and oxygen atoms in total. The van der Waals surface area contributed by atoms with Gasteiger partial charge in [0.05, 0.1) is 6.61 Å². The van der Waals surface area contributed by atoms with Gasteiger partial charge in [-0.15, -0.1) is 0 Å². The van der Waals surface area contributed by atoms with Crippen molar-refractivity contribution >= 4 is 5.97 Å². The number of carbonyl (C=O) groups excluding carboxylic acids is 1. The molecule has 1 aliphatic heterocycles. The Morgan fingerprint density at radius 3 is 2.50 bits per heavy atom. The lowest BCUT2D eigenvalue weighted by molar-refractivity contribution is -0.146. The number of hydrogen-bond acceptors (Lipinski definition) is 3. The Kier molecular flexibility index (Phi) is 1.68. The molecule has 0 unspecified atom stereocenters. The molecule has 1 aliphatic rings. The van der Waals surface area contributed by atoms with Gasteiger partial charge in [0, 0.05) is 12.5 Å². The Hall–Kier alpha value is -0.570. The SMILES string of the molecule is CO[C@H]1C(=O)OCC1(C)C. The van der Waals surface area contributed by atoms with E-state index in [1.807, 2.05) is 13.8 Å². The molecule has 10 heavy (non-hydrogen) atoms. The Bertz CT molecular complexity index is 151. The normalized spacial score (nSPS) is 30.3. The van der Waals surface area contributed by atoms with Crippen molar-refractivity contribution in [2.75, 3.05) is 13.7 Å². The van der Waals surface area contributed by atoms with E-state index >= 15 is 0 Å². The van der Waals surface area contributed by atoms with Crippen LogP contribution in [0.25, 0.3) is 0 Å². The number of hydrogen-bond donors (Lipinski definition) is 0. The van der Waals surface area contributed by atoms with Crippen molar-refractivity contribution in [1.29, 1.82) is 0 Å². The van der Waals surface area contributed by atoms with Gasteiger partial charge in [-0.05, 0) is 0 Å². The third-order valence-corrected chi connectivity index (χ3v) is 1.75. The average molecular weight is 144 g/mol. The van der Waals surface area contributed by atoms with E-state index < -0.39 is 0 Å². The number of rotatable bonds is 1. The van der Waals surface area contributed by atoms with Crippen molar-refractivity contribution < 1.29 is 14.3 Å². The summed E-state index contributed by atoms with van der Waals surface area (Å²) >= 11 is 0. The number of methoxy groups -OCH3 is 1. The maximum absolute atomic E-state index is 10.9. The second-order valence-corrected chi connectivity index (χ2v) is 3.21. The molecular weight excluding hydrogens is 132 g/mol. The van der Waals surface area contributed by atoms with Gasteiger partial charge in [-0.2, -0.15) is 0 Å². The molecule has 1 rings (SSSR count). The molecule has 0 spiro atoms. The van der Waals surface area contributed by atoms with Crippen LogP contribution >= 0.6 is 0 Å². The average Bonchev–Trinajstić information content (AvgIpc) is 2.07. The minimum atomic E-state index is -0.382. The van der Waals surface area contributed by atoms with E-state index in [2.05, 4.69) is 0 Å². The third kappa shape index (κ3) is 1.01. The second kappa shape index (κ2) is 2.23. The van der Waals surface area contributed by atoms with Gasteiger partial charge in [0.25, 0.3) is 0 Å². The lowest BCUT2D eigenvalue weighted by atomic mass is 9.90. The van der Waals surface area contributed by atoms with E-state index in [-0.39, 0.29) is 17.5 Å². The zero-order valence-electron chi connectivity index (χ0n) is 6.51. The van der Waals surface area contributed by atoms with E-state index in [4.69, 9.17) is 9.47 Å². The lowest BCUT2D eigenvalue weighted by Gasteiger charge is -2.19. The van der Waals surface area contributed by atoms with Gasteiger partial charge in [-0.3, -0.25) is 0 Å². The van der Waals surface area contributed by atoms with Crippen LogP contribution in [0.3, 0.4) is 0 Å². The highest BCUT2D eigenvalue weighted by Gasteiger charge is 2.43. The van der Waals surface area contributed by atoms with Crippen LogP contribution in [-0.2, 0) is 14.3 Å². The van der Waals surface area contributed by atoms with Gasteiger partial charge in [0.2, 0.25) is 0 Å². The molecule has 0 radical (unpaired) electrons. The zero-order chi connectivity index (χ0) is 7.78. The molecule has 0 bridgehead atoms. The Balaban J connectivity index is 2.73. The summed E-state index contributed by atoms with van der Waals surface area (Å²) in [5.74, 6) is -0.243. The minimum absolute atomic E-state index is 0.161. The quantitative estimate of drug-likeness (QED) is 0.505. The highest BCUT2D eigenvalue weighted by molar-refractivity contribution is 5.77. The molecule has 0 amide bonds. The fourth-order valence-electron chi connectivity index (χ4n) is 1.14. The fourth-order valence-corrected chi connectivity index (χ4v) is 1.14. The zero-order valence-corrected chi connectivity index (χ0v) is 6.51. The first kappa shape index (κ1) is 7.54. The fraction of sp³-hybridized carbons (Fsp3) is 0.857. The Labute approximate surface area is 60.3 Å². The van der Waals surface area contributed by atoms with Gasteiger partial charge < -0.3 is 9.47 Å². The molecule has 0 N–H and O–H groups in total. The first-order valence-electron chi connectivity index (χ1n) is 3.27. The van der Waals surface area contributed by atoms with Crippen LogP contribution < -0.4 is 0 Å². The highest BCUT2D eigenvalue weighted by atomic mass is 16.6. The van der Waals surface area contributed by atoms with Crippen LogP contribution in [0.5, 0.6) is 0 Å². The monoisotopic (exact) mass is 144 g/mol. The molecular formula is C7H12O3. The van der Waals surface area contributed by atoms with E-state index in [0.717, 1.165) is 0 Å². The number of carbonyl (C=O) groups is 1. The van der Waals surface area contributed by atoms with Crippen molar-refractivity contribution in [3.05, 3.63) is 0 Å². The molecule has 3 heteroatoms. The van der Waals surface area contributed by atoms with Crippen LogP contribution in [-0.4, -0.2) is 25.8 Å². The topological polar surface area (TPSA) is 35.5 Å². The number of esters is 1.